The van der Waals surface area contributed by atoms with Gasteiger partial charge in [0.1, 0.15) is 0 Å². The van der Waals surface area contributed by atoms with E-state index in [2.05, 4.69) is 20.8 Å². The van der Waals surface area contributed by atoms with Gasteiger partial charge < -0.3 is 15.5 Å². The molecule has 9 heteroatoms. The molecule has 1 aromatic heterocycles. The molecule has 134 valence electrons. The number of carbonyl (C=O) groups is 1. The van der Waals surface area contributed by atoms with E-state index in [0.29, 0.717) is 6.54 Å². The Balaban J connectivity index is 1.96. The average molecular weight is 353 g/mol. The molecule has 1 heterocycles. The normalized spacial score (nSPS) is 10.8. The van der Waals surface area contributed by atoms with Gasteiger partial charge in [0.15, 0.2) is 29.0 Å². The predicted molar refractivity (Wildman–Crippen MR) is 87.1 cm³/mol. The zero-order valence-corrected chi connectivity index (χ0v) is 13.8. The van der Waals surface area contributed by atoms with E-state index in [1.807, 2.05) is 19.0 Å². The molecule has 0 aliphatic rings. The lowest BCUT2D eigenvalue weighted by Gasteiger charge is -2.10. The number of amides is 1. The van der Waals surface area contributed by atoms with Gasteiger partial charge in [0.2, 0.25) is 0 Å². The average Bonchev–Trinajstić information content (AvgIpc) is 2.59. The van der Waals surface area contributed by atoms with E-state index in [0.717, 1.165) is 25.1 Å². The molecule has 0 aliphatic heterocycles. The Kier molecular flexibility index (Phi) is 6.29. The number of aromatic nitrogens is 2. The molecule has 0 atom stereocenters. The Hall–Kier alpha value is -2.68. The first kappa shape index (κ1) is 18.7. The number of nitrogens with one attached hydrogen (secondary N) is 2. The fourth-order valence-electron chi connectivity index (χ4n) is 1.97. The predicted octanol–water partition coefficient (Wildman–Crippen LogP) is 2.32. The number of hydrogen-bond donors (Lipinski definition) is 2. The monoisotopic (exact) mass is 353 g/mol. The number of rotatable bonds is 7. The van der Waals surface area contributed by atoms with E-state index < -0.39 is 17.5 Å². The van der Waals surface area contributed by atoms with Crippen LogP contribution in [-0.2, 0) is 0 Å². The van der Waals surface area contributed by atoms with E-state index in [1.54, 1.807) is 0 Å². The van der Waals surface area contributed by atoms with Crippen LogP contribution < -0.4 is 10.6 Å². The molecule has 2 rings (SSSR count). The maximum atomic E-state index is 13.6. The van der Waals surface area contributed by atoms with Crippen molar-refractivity contribution in [3.05, 3.63) is 47.4 Å². The van der Waals surface area contributed by atoms with Gasteiger partial charge in [-0.2, -0.15) is 0 Å². The van der Waals surface area contributed by atoms with Crippen LogP contribution in [0.25, 0.3) is 0 Å². The third-order valence-corrected chi connectivity index (χ3v) is 3.26. The zero-order chi connectivity index (χ0) is 18.4. The Morgan fingerprint density at radius 2 is 1.84 bits per heavy atom. The Morgan fingerprint density at radius 1 is 1.08 bits per heavy atom. The van der Waals surface area contributed by atoms with Gasteiger partial charge in [-0.05, 0) is 51.3 Å². The molecule has 0 unspecified atom stereocenters. The standard InChI is InChI=1S/C16H18F3N5O/c1-24(2)9-3-8-20-16(25)12-6-7-13(23-22-12)21-11-5-4-10(17)14(18)15(11)19/h4-7H,3,8-9H2,1-2H3,(H,20,25)(H,21,23). The van der Waals surface area contributed by atoms with Gasteiger partial charge in [-0.1, -0.05) is 0 Å². The SMILES string of the molecule is CN(C)CCCNC(=O)c1ccc(Nc2ccc(F)c(F)c2F)nn1. The summed E-state index contributed by atoms with van der Waals surface area (Å²) in [4.78, 5) is 13.9. The molecule has 1 amide bonds. The fraction of sp³-hybridized carbons (Fsp3) is 0.312. The summed E-state index contributed by atoms with van der Waals surface area (Å²) < 4.78 is 39.7. The maximum Gasteiger partial charge on any atom is 0.271 e. The third kappa shape index (κ3) is 5.15. The van der Waals surface area contributed by atoms with E-state index in [1.165, 1.54) is 12.1 Å². The molecule has 0 aliphatic carbocycles. The molecule has 6 nitrogen and oxygen atoms in total. The summed E-state index contributed by atoms with van der Waals surface area (Å²) in [5.74, 6) is -4.50. The second-order valence-corrected chi connectivity index (χ2v) is 5.56. The summed E-state index contributed by atoms with van der Waals surface area (Å²) in [6.07, 6.45) is 0.793. The lowest BCUT2D eigenvalue weighted by molar-refractivity contribution is 0.0946. The zero-order valence-electron chi connectivity index (χ0n) is 13.8. The van der Waals surface area contributed by atoms with Gasteiger partial charge in [-0.15, -0.1) is 10.2 Å². The number of halogens is 3. The summed E-state index contributed by atoms with van der Waals surface area (Å²) in [5, 5.41) is 12.6. The van der Waals surface area contributed by atoms with Crippen molar-refractivity contribution in [2.24, 2.45) is 0 Å². The first-order valence-corrected chi connectivity index (χ1v) is 7.55. The summed E-state index contributed by atoms with van der Waals surface area (Å²) in [5.41, 5.74) is -0.185. The highest BCUT2D eigenvalue weighted by atomic mass is 19.2. The highest BCUT2D eigenvalue weighted by molar-refractivity contribution is 5.92. The van der Waals surface area contributed by atoms with Crippen molar-refractivity contribution in [1.29, 1.82) is 0 Å². The Labute approximate surface area is 143 Å². The number of benzene rings is 1. The number of hydrogen-bond acceptors (Lipinski definition) is 5. The molecule has 1 aromatic carbocycles. The van der Waals surface area contributed by atoms with Gasteiger partial charge in [-0.3, -0.25) is 4.79 Å². The van der Waals surface area contributed by atoms with Crippen molar-refractivity contribution in [2.75, 3.05) is 32.5 Å². The minimum atomic E-state index is -1.58. The van der Waals surface area contributed by atoms with Gasteiger partial charge in [0.05, 0.1) is 5.69 Å². The topological polar surface area (TPSA) is 70.2 Å². The minimum absolute atomic E-state index is 0.0917. The van der Waals surface area contributed by atoms with Crippen LogP contribution >= 0.6 is 0 Å². The first-order valence-electron chi connectivity index (χ1n) is 7.55. The largest absolute Gasteiger partial charge is 0.351 e. The van der Waals surface area contributed by atoms with Crippen LogP contribution in [0.4, 0.5) is 24.7 Å². The molecular formula is C16H18F3N5O. The quantitative estimate of drug-likeness (QED) is 0.591. The van der Waals surface area contributed by atoms with Gasteiger partial charge in [0.25, 0.3) is 5.91 Å². The molecule has 25 heavy (non-hydrogen) atoms. The molecule has 0 saturated carbocycles. The Morgan fingerprint density at radius 3 is 2.48 bits per heavy atom. The van der Waals surface area contributed by atoms with Crippen LogP contribution in [0, 0.1) is 17.5 Å². The molecule has 0 saturated heterocycles. The van der Waals surface area contributed by atoms with Crippen LogP contribution in [-0.4, -0.2) is 48.2 Å². The highest BCUT2D eigenvalue weighted by Crippen LogP contribution is 2.22. The van der Waals surface area contributed by atoms with E-state index in [-0.39, 0.29) is 23.1 Å². The second kappa shape index (κ2) is 8.43. The van der Waals surface area contributed by atoms with Crippen LogP contribution in [0.2, 0.25) is 0 Å². The van der Waals surface area contributed by atoms with E-state index in [4.69, 9.17) is 0 Å². The van der Waals surface area contributed by atoms with Crippen molar-refractivity contribution >= 4 is 17.4 Å². The molecule has 0 radical (unpaired) electrons. The number of nitrogens with zero attached hydrogens (tertiary/aromatic N) is 3. The fourth-order valence-corrected chi connectivity index (χ4v) is 1.97. The lowest BCUT2D eigenvalue weighted by Crippen LogP contribution is -2.28. The van der Waals surface area contributed by atoms with Crippen LogP contribution in [0.1, 0.15) is 16.9 Å². The van der Waals surface area contributed by atoms with Crippen molar-refractivity contribution in [2.45, 2.75) is 6.42 Å². The van der Waals surface area contributed by atoms with Crippen molar-refractivity contribution in [3.63, 3.8) is 0 Å². The molecule has 0 fully saturated rings. The highest BCUT2D eigenvalue weighted by Gasteiger charge is 2.14. The molecule has 0 spiro atoms. The summed E-state index contributed by atoms with van der Waals surface area (Å²) in [6, 6.07) is 4.63. The van der Waals surface area contributed by atoms with Crippen LogP contribution in [0.15, 0.2) is 24.3 Å². The molecule has 2 aromatic rings. The van der Waals surface area contributed by atoms with Gasteiger partial charge in [-0.25, -0.2) is 13.2 Å². The van der Waals surface area contributed by atoms with Crippen molar-refractivity contribution < 1.29 is 18.0 Å². The number of carbonyl (C=O) groups excluding carboxylic acids is 1. The Bertz CT molecular complexity index is 737. The minimum Gasteiger partial charge on any atom is -0.351 e. The lowest BCUT2D eigenvalue weighted by atomic mass is 10.2. The maximum absolute atomic E-state index is 13.6. The van der Waals surface area contributed by atoms with Crippen LogP contribution in [0.5, 0.6) is 0 Å². The summed E-state index contributed by atoms with van der Waals surface area (Å²) in [7, 11) is 3.88. The van der Waals surface area contributed by atoms with Crippen LogP contribution in [0.3, 0.4) is 0 Å². The summed E-state index contributed by atoms with van der Waals surface area (Å²) >= 11 is 0. The molecular weight excluding hydrogens is 335 g/mol. The van der Waals surface area contributed by atoms with Crippen molar-refractivity contribution in [3.8, 4) is 0 Å². The smallest absolute Gasteiger partial charge is 0.271 e. The molecule has 0 bridgehead atoms. The first-order chi connectivity index (χ1) is 11.9. The van der Waals surface area contributed by atoms with E-state index >= 15 is 0 Å². The summed E-state index contributed by atoms with van der Waals surface area (Å²) in [6.45, 7) is 1.34. The van der Waals surface area contributed by atoms with E-state index in [9.17, 15) is 18.0 Å². The molecule has 2 N–H and O–H groups in total. The van der Waals surface area contributed by atoms with Gasteiger partial charge >= 0.3 is 0 Å². The third-order valence-electron chi connectivity index (χ3n) is 3.26. The van der Waals surface area contributed by atoms with Gasteiger partial charge in [0, 0.05) is 6.54 Å². The van der Waals surface area contributed by atoms with Crippen molar-refractivity contribution in [1.82, 2.24) is 20.4 Å². The number of anilines is 2. The second-order valence-electron chi connectivity index (χ2n) is 5.56.